The van der Waals surface area contributed by atoms with Crippen molar-refractivity contribution in [3.8, 4) is 5.75 Å². The Labute approximate surface area is 131 Å². The summed E-state index contributed by atoms with van der Waals surface area (Å²) in [5.41, 5.74) is 0. The summed E-state index contributed by atoms with van der Waals surface area (Å²) >= 11 is 0. The van der Waals surface area contributed by atoms with E-state index in [1.54, 1.807) is 0 Å². The van der Waals surface area contributed by atoms with Gasteiger partial charge in [0.25, 0.3) is 5.91 Å². The van der Waals surface area contributed by atoms with Gasteiger partial charge in [-0.15, -0.1) is 0 Å². The van der Waals surface area contributed by atoms with Crippen molar-refractivity contribution >= 4 is 16.7 Å². The maximum Gasteiger partial charge on any atom is 0.263 e. The minimum atomic E-state index is -0.441. The fraction of sp³-hybridized carbons (Fsp3) is 0.421. The average molecular weight is 297 g/mol. The van der Waals surface area contributed by atoms with E-state index < -0.39 is 6.10 Å². The molecule has 1 fully saturated rings. The highest BCUT2D eigenvalue weighted by molar-refractivity contribution is 5.89. The Morgan fingerprint density at radius 1 is 1.00 bits per heavy atom. The van der Waals surface area contributed by atoms with E-state index in [2.05, 4.69) is 12.1 Å². The standard InChI is InChI=1S/C19H23NO2/c1-15(19(21)20-13-6-2-3-7-14-20)22-18-12-8-10-16-9-4-5-11-17(16)18/h4-5,8-12,15H,2-3,6-7,13-14H2,1H3/t15-/m1/s1. The third-order valence-corrected chi connectivity index (χ3v) is 4.32. The van der Waals surface area contributed by atoms with Gasteiger partial charge in [0.2, 0.25) is 0 Å². The molecule has 0 bridgehead atoms. The molecule has 0 saturated carbocycles. The number of fused-ring (bicyclic) bond motifs is 1. The average Bonchev–Trinajstić information content (AvgIpc) is 2.83. The lowest BCUT2D eigenvalue weighted by molar-refractivity contribution is -0.137. The fourth-order valence-electron chi connectivity index (χ4n) is 3.09. The van der Waals surface area contributed by atoms with E-state index in [9.17, 15) is 4.79 Å². The summed E-state index contributed by atoms with van der Waals surface area (Å²) < 4.78 is 5.99. The maximum atomic E-state index is 12.6. The van der Waals surface area contributed by atoms with Crippen LogP contribution in [0.25, 0.3) is 10.8 Å². The van der Waals surface area contributed by atoms with E-state index >= 15 is 0 Å². The largest absolute Gasteiger partial charge is 0.480 e. The SMILES string of the molecule is C[C@@H](Oc1cccc2ccccc12)C(=O)N1CCCCCC1. The van der Waals surface area contributed by atoms with Crippen molar-refractivity contribution in [2.75, 3.05) is 13.1 Å². The molecule has 3 heteroatoms. The zero-order valence-electron chi connectivity index (χ0n) is 13.1. The maximum absolute atomic E-state index is 12.6. The van der Waals surface area contributed by atoms with Gasteiger partial charge in [-0.25, -0.2) is 0 Å². The zero-order valence-corrected chi connectivity index (χ0v) is 13.1. The van der Waals surface area contributed by atoms with Crippen LogP contribution in [0.4, 0.5) is 0 Å². The van der Waals surface area contributed by atoms with Gasteiger partial charge in [-0.3, -0.25) is 4.79 Å². The van der Waals surface area contributed by atoms with E-state index in [4.69, 9.17) is 4.74 Å². The van der Waals surface area contributed by atoms with Crippen LogP contribution in [0, 0.1) is 0 Å². The molecule has 0 aliphatic carbocycles. The van der Waals surface area contributed by atoms with Crippen molar-refractivity contribution in [1.82, 2.24) is 4.90 Å². The molecule has 0 aromatic heterocycles. The van der Waals surface area contributed by atoms with Crippen molar-refractivity contribution < 1.29 is 9.53 Å². The Bertz CT molecular complexity index is 639. The quantitative estimate of drug-likeness (QED) is 0.856. The Kier molecular flexibility index (Phi) is 4.62. The van der Waals surface area contributed by atoms with Gasteiger partial charge < -0.3 is 9.64 Å². The molecule has 22 heavy (non-hydrogen) atoms. The van der Waals surface area contributed by atoms with Gasteiger partial charge in [0.1, 0.15) is 5.75 Å². The molecule has 2 aromatic rings. The molecule has 1 heterocycles. The number of rotatable bonds is 3. The van der Waals surface area contributed by atoms with Gasteiger partial charge in [0.15, 0.2) is 6.10 Å². The highest BCUT2D eigenvalue weighted by Crippen LogP contribution is 2.26. The predicted molar refractivity (Wildman–Crippen MR) is 89.1 cm³/mol. The van der Waals surface area contributed by atoms with Gasteiger partial charge in [-0.05, 0) is 31.2 Å². The summed E-state index contributed by atoms with van der Waals surface area (Å²) in [6.07, 6.45) is 4.22. The van der Waals surface area contributed by atoms with Crippen LogP contribution in [0.2, 0.25) is 0 Å². The number of carbonyl (C=O) groups is 1. The number of hydrogen-bond acceptors (Lipinski definition) is 2. The topological polar surface area (TPSA) is 29.5 Å². The number of likely N-dealkylation sites (tertiary alicyclic amines) is 1. The first kappa shape index (κ1) is 14.9. The number of carbonyl (C=O) groups excluding carboxylic acids is 1. The molecule has 3 nitrogen and oxygen atoms in total. The molecule has 0 spiro atoms. The first-order valence-electron chi connectivity index (χ1n) is 8.19. The van der Waals surface area contributed by atoms with Gasteiger partial charge >= 0.3 is 0 Å². The molecule has 1 atom stereocenters. The van der Waals surface area contributed by atoms with Crippen molar-refractivity contribution in [2.45, 2.75) is 38.7 Å². The van der Waals surface area contributed by atoms with Crippen LogP contribution in [0.1, 0.15) is 32.6 Å². The Morgan fingerprint density at radius 2 is 1.68 bits per heavy atom. The second-order valence-corrected chi connectivity index (χ2v) is 5.98. The summed E-state index contributed by atoms with van der Waals surface area (Å²) in [6.45, 7) is 3.58. The minimum absolute atomic E-state index is 0.106. The predicted octanol–water partition coefficient (Wildman–Crippen LogP) is 4.01. The second-order valence-electron chi connectivity index (χ2n) is 5.98. The number of ether oxygens (including phenoxy) is 1. The van der Waals surface area contributed by atoms with Crippen LogP contribution in [-0.4, -0.2) is 30.0 Å². The number of benzene rings is 2. The van der Waals surface area contributed by atoms with Gasteiger partial charge in [0.05, 0.1) is 0 Å². The monoisotopic (exact) mass is 297 g/mol. The Hall–Kier alpha value is -2.03. The first-order valence-corrected chi connectivity index (χ1v) is 8.19. The smallest absolute Gasteiger partial charge is 0.263 e. The molecule has 0 N–H and O–H groups in total. The van der Waals surface area contributed by atoms with Crippen molar-refractivity contribution in [3.05, 3.63) is 42.5 Å². The molecular weight excluding hydrogens is 274 g/mol. The number of amides is 1. The molecule has 3 rings (SSSR count). The minimum Gasteiger partial charge on any atom is -0.480 e. The summed E-state index contributed by atoms with van der Waals surface area (Å²) in [5, 5.41) is 2.19. The molecular formula is C19H23NO2. The highest BCUT2D eigenvalue weighted by atomic mass is 16.5. The van der Waals surface area contributed by atoms with Gasteiger partial charge in [-0.2, -0.15) is 0 Å². The van der Waals surface area contributed by atoms with Crippen LogP contribution in [-0.2, 0) is 4.79 Å². The van der Waals surface area contributed by atoms with Crippen LogP contribution in [0.5, 0.6) is 5.75 Å². The van der Waals surface area contributed by atoms with Crippen molar-refractivity contribution in [1.29, 1.82) is 0 Å². The van der Waals surface area contributed by atoms with Crippen LogP contribution in [0.15, 0.2) is 42.5 Å². The molecule has 0 unspecified atom stereocenters. The van der Waals surface area contributed by atoms with E-state index in [1.165, 1.54) is 12.8 Å². The molecule has 1 aliphatic rings. The molecule has 1 amide bonds. The fourth-order valence-corrected chi connectivity index (χ4v) is 3.09. The molecule has 1 aliphatic heterocycles. The van der Waals surface area contributed by atoms with E-state index in [-0.39, 0.29) is 5.91 Å². The highest BCUT2D eigenvalue weighted by Gasteiger charge is 2.23. The summed E-state index contributed by atoms with van der Waals surface area (Å²) in [5.74, 6) is 0.892. The van der Waals surface area contributed by atoms with Crippen LogP contribution < -0.4 is 4.74 Å². The summed E-state index contributed by atoms with van der Waals surface area (Å²) in [4.78, 5) is 14.6. The first-order chi connectivity index (χ1) is 10.8. The Morgan fingerprint density at radius 3 is 2.45 bits per heavy atom. The lowest BCUT2D eigenvalue weighted by Gasteiger charge is -2.25. The second kappa shape index (κ2) is 6.82. The molecule has 116 valence electrons. The zero-order chi connectivity index (χ0) is 15.4. The van der Waals surface area contributed by atoms with Crippen molar-refractivity contribution in [2.24, 2.45) is 0 Å². The molecule has 0 radical (unpaired) electrons. The Balaban J connectivity index is 1.74. The lowest BCUT2D eigenvalue weighted by Crippen LogP contribution is -2.41. The summed E-state index contributed by atoms with van der Waals surface area (Å²) in [7, 11) is 0. The van der Waals surface area contributed by atoms with E-state index in [0.717, 1.165) is 42.5 Å². The number of nitrogens with zero attached hydrogens (tertiary/aromatic N) is 1. The van der Waals surface area contributed by atoms with Crippen LogP contribution >= 0.6 is 0 Å². The van der Waals surface area contributed by atoms with Crippen LogP contribution in [0.3, 0.4) is 0 Å². The third kappa shape index (κ3) is 3.24. The van der Waals surface area contributed by atoms with Gasteiger partial charge in [0, 0.05) is 18.5 Å². The van der Waals surface area contributed by atoms with Gasteiger partial charge in [-0.1, -0.05) is 49.2 Å². The summed E-state index contributed by atoms with van der Waals surface area (Å²) in [6, 6.07) is 14.1. The molecule has 2 aromatic carbocycles. The van der Waals surface area contributed by atoms with Crippen molar-refractivity contribution in [3.63, 3.8) is 0 Å². The lowest BCUT2D eigenvalue weighted by atomic mass is 10.1. The number of hydrogen-bond donors (Lipinski definition) is 0. The third-order valence-electron chi connectivity index (χ3n) is 4.32. The normalized spacial score (nSPS) is 17.0. The van der Waals surface area contributed by atoms with E-state index in [0.29, 0.717) is 0 Å². The van der Waals surface area contributed by atoms with E-state index in [1.807, 2.05) is 42.2 Å². The molecule has 1 saturated heterocycles.